The third kappa shape index (κ3) is 4.12. The molecule has 0 bridgehead atoms. The van der Waals surface area contributed by atoms with Crippen LogP contribution in [-0.4, -0.2) is 50.3 Å². The van der Waals surface area contributed by atoms with Crippen LogP contribution >= 0.6 is 0 Å². The van der Waals surface area contributed by atoms with Gasteiger partial charge in [0.2, 0.25) is 5.91 Å². The molecule has 1 aromatic carbocycles. The molecule has 156 valence electrons. The number of ether oxygens (including phenoxy) is 2. The first-order valence-electron chi connectivity index (χ1n) is 10.8. The molecule has 1 aliphatic carbocycles. The average molecular weight is 389 g/mol. The van der Waals surface area contributed by atoms with Gasteiger partial charge in [-0.25, -0.2) is 0 Å². The van der Waals surface area contributed by atoms with E-state index in [-0.39, 0.29) is 11.5 Å². The fraction of sp³-hybridized carbons (Fsp3) is 0.696. The molecule has 5 nitrogen and oxygen atoms in total. The molecule has 2 N–H and O–H groups in total. The second-order valence-corrected chi connectivity index (χ2v) is 8.40. The molecule has 1 aliphatic heterocycles. The summed E-state index contributed by atoms with van der Waals surface area (Å²) >= 11 is 0. The molecular weight excluding hydrogens is 352 g/mol. The van der Waals surface area contributed by atoms with Crippen molar-refractivity contribution in [2.45, 2.75) is 57.6 Å². The molecule has 1 aromatic rings. The van der Waals surface area contributed by atoms with Crippen LogP contribution in [0.25, 0.3) is 0 Å². The number of benzene rings is 1. The van der Waals surface area contributed by atoms with Crippen LogP contribution in [-0.2, 0) is 15.1 Å². The van der Waals surface area contributed by atoms with Crippen LogP contribution in [0.4, 0.5) is 0 Å². The van der Waals surface area contributed by atoms with Crippen LogP contribution < -0.4 is 5.73 Å². The van der Waals surface area contributed by atoms with E-state index in [1.165, 1.54) is 6.42 Å². The van der Waals surface area contributed by atoms with Gasteiger partial charge in [0.25, 0.3) is 0 Å². The first kappa shape index (κ1) is 21.3. The van der Waals surface area contributed by atoms with Crippen LogP contribution in [0.2, 0.25) is 0 Å². The fourth-order valence-corrected chi connectivity index (χ4v) is 5.52. The topological polar surface area (TPSA) is 64.8 Å². The molecule has 1 amide bonds. The minimum Gasteiger partial charge on any atom is -0.381 e. The van der Waals surface area contributed by atoms with Gasteiger partial charge in [0.05, 0.1) is 5.60 Å². The molecule has 1 saturated heterocycles. The van der Waals surface area contributed by atoms with Crippen molar-refractivity contribution in [1.29, 1.82) is 0 Å². The van der Waals surface area contributed by atoms with Crippen LogP contribution in [0.3, 0.4) is 0 Å². The number of methoxy groups -OCH3 is 1. The highest BCUT2D eigenvalue weighted by Gasteiger charge is 2.48. The smallest absolute Gasteiger partial charge is 0.248 e. The van der Waals surface area contributed by atoms with Gasteiger partial charge >= 0.3 is 0 Å². The average Bonchev–Trinajstić information content (AvgIpc) is 2.73. The van der Waals surface area contributed by atoms with E-state index in [0.29, 0.717) is 23.4 Å². The lowest BCUT2D eigenvalue weighted by atomic mass is 9.65. The van der Waals surface area contributed by atoms with Gasteiger partial charge in [-0.1, -0.05) is 32.4 Å². The first-order chi connectivity index (χ1) is 13.5. The molecule has 0 aromatic heterocycles. The fourth-order valence-electron chi connectivity index (χ4n) is 5.52. The Morgan fingerprint density at radius 1 is 1.29 bits per heavy atom. The molecule has 0 spiro atoms. The Hall–Kier alpha value is -1.43. The molecule has 28 heavy (non-hydrogen) atoms. The zero-order chi connectivity index (χ0) is 20.1. The maximum atomic E-state index is 11.8. The quantitative estimate of drug-likeness (QED) is 0.776. The highest BCUT2D eigenvalue weighted by atomic mass is 16.5. The molecule has 3 rings (SSSR count). The van der Waals surface area contributed by atoms with E-state index < -0.39 is 0 Å². The summed E-state index contributed by atoms with van der Waals surface area (Å²) < 4.78 is 11.9. The zero-order valence-electron chi connectivity index (χ0n) is 17.7. The number of primary amides is 1. The Labute approximate surface area is 169 Å². The van der Waals surface area contributed by atoms with E-state index in [9.17, 15) is 4.79 Å². The molecule has 1 saturated carbocycles. The minimum absolute atomic E-state index is 0.382. The normalized spacial score (nSPS) is 29.1. The summed E-state index contributed by atoms with van der Waals surface area (Å²) in [5.74, 6) is 0.380. The second-order valence-electron chi connectivity index (χ2n) is 8.40. The molecule has 2 fully saturated rings. The van der Waals surface area contributed by atoms with Crippen LogP contribution in [0, 0.1) is 11.8 Å². The van der Waals surface area contributed by atoms with Crippen LogP contribution in [0.5, 0.6) is 0 Å². The van der Waals surface area contributed by atoms with Crippen molar-refractivity contribution < 1.29 is 14.3 Å². The van der Waals surface area contributed by atoms with Gasteiger partial charge < -0.3 is 20.1 Å². The van der Waals surface area contributed by atoms with Crippen molar-refractivity contribution in [3.8, 4) is 0 Å². The van der Waals surface area contributed by atoms with E-state index in [2.05, 4.69) is 24.8 Å². The lowest BCUT2D eigenvalue weighted by Gasteiger charge is -2.50. The Morgan fingerprint density at radius 2 is 2.04 bits per heavy atom. The van der Waals surface area contributed by atoms with E-state index >= 15 is 0 Å². The van der Waals surface area contributed by atoms with Gasteiger partial charge in [-0.15, -0.1) is 0 Å². The monoisotopic (exact) mass is 388 g/mol. The third-order valence-corrected chi connectivity index (χ3v) is 7.03. The number of hydrogen-bond acceptors (Lipinski definition) is 4. The standard InChI is InChI=1S/C23H36N2O3/c1-4-25(21-11-13-28-14-12-21)16-20-10-5-7-17(2)23(20,27-3)19-9-6-8-18(15-19)22(24)26/h6,8-9,15,17,20-21H,4-5,7,10-14,16H2,1-3H3,(H2,24,26). The maximum absolute atomic E-state index is 11.8. The molecule has 3 atom stereocenters. The summed E-state index contributed by atoms with van der Waals surface area (Å²) in [7, 11) is 1.83. The summed E-state index contributed by atoms with van der Waals surface area (Å²) in [5, 5.41) is 0. The maximum Gasteiger partial charge on any atom is 0.248 e. The molecule has 2 aliphatic rings. The highest BCUT2D eigenvalue weighted by Crippen LogP contribution is 2.48. The summed E-state index contributed by atoms with van der Waals surface area (Å²) in [6.07, 6.45) is 5.70. The van der Waals surface area contributed by atoms with Gasteiger partial charge in [0.1, 0.15) is 0 Å². The van der Waals surface area contributed by atoms with Gasteiger partial charge in [-0.05, 0) is 55.8 Å². The van der Waals surface area contributed by atoms with E-state index in [4.69, 9.17) is 15.2 Å². The van der Waals surface area contributed by atoms with Crippen molar-refractivity contribution in [2.24, 2.45) is 17.6 Å². The lowest BCUT2D eigenvalue weighted by molar-refractivity contribution is -0.136. The molecular formula is C23H36N2O3. The van der Waals surface area contributed by atoms with Gasteiger partial charge in [0.15, 0.2) is 0 Å². The SMILES string of the molecule is CCN(CC1CCCC(C)C1(OC)c1cccc(C(N)=O)c1)C1CCOCC1. The number of nitrogens with two attached hydrogens (primary N) is 1. The summed E-state index contributed by atoms with van der Waals surface area (Å²) in [6.45, 7) is 8.31. The molecule has 0 radical (unpaired) electrons. The van der Waals surface area contributed by atoms with Crippen LogP contribution in [0.1, 0.15) is 61.9 Å². The summed E-state index contributed by atoms with van der Waals surface area (Å²) in [5.41, 5.74) is 6.83. The Bertz CT molecular complexity index is 659. The Kier molecular flexibility index (Phi) is 7.13. The number of hydrogen-bond donors (Lipinski definition) is 1. The van der Waals surface area contributed by atoms with Crippen molar-refractivity contribution in [1.82, 2.24) is 4.90 Å². The van der Waals surface area contributed by atoms with E-state index in [1.807, 2.05) is 19.2 Å². The Balaban J connectivity index is 1.93. The van der Waals surface area contributed by atoms with Gasteiger partial charge in [0, 0.05) is 44.4 Å². The number of rotatable bonds is 7. The summed E-state index contributed by atoms with van der Waals surface area (Å²) in [6, 6.07) is 8.37. The zero-order valence-corrected chi connectivity index (χ0v) is 17.7. The second kappa shape index (κ2) is 9.38. The largest absolute Gasteiger partial charge is 0.381 e. The van der Waals surface area contributed by atoms with Crippen LogP contribution in [0.15, 0.2) is 24.3 Å². The highest BCUT2D eigenvalue weighted by molar-refractivity contribution is 5.92. The van der Waals surface area contributed by atoms with Gasteiger partial charge in [-0.2, -0.15) is 0 Å². The predicted octanol–water partition coefficient (Wildman–Crippen LogP) is 3.56. The lowest BCUT2D eigenvalue weighted by Crippen LogP contribution is -2.52. The number of amides is 1. The Morgan fingerprint density at radius 3 is 2.68 bits per heavy atom. The minimum atomic E-state index is -0.387. The van der Waals surface area contributed by atoms with Crippen molar-refractivity contribution in [3.63, 3.8) is 0 Å². The molecule has 5 heteroatoms. The van der Waals surface area contributed by atoms with E-state index in [0.717, 1.165) is 57.6 Å². The van der Waals surface area contributed by atoms with Crippen molar-refractivity contribution >= 4 is 5.91 Å². The van der Waals surface area contributed by atoms with Gasteiger partial charge in [-0.3, -0.25) is 4.79 Å². The number of carbonyl (C=O) groups is 1. The molecule has 1 heterocycles. The molecule has 3 unspecified atom stereocenters. The summed E-state index contributed by atoms with van der Waals surface area (Å²) in [4.78, 5) is 14.4. The number of nitrogens with zero attached hydrogens (tertiary/aromatic N) is 1. The van der Waals surface area contributed by atoms with E-state index in [1.54, 1.807) is 6.07 Å². The van der Waals surface area contributed by atoms with Crippen molar-refractivity contribution in [3.05, 3.63) is 35.4 Å². The third-order valence-electron chi connectivity index (χ3n) is 7.03. The predicted molar refractivity (Wildman–Crippen MR) is 111 cm³/mol. The number of carbonyl (C=O) groups excluding carboxylic acids is 1. The van der Waals surface area contributed by atoms with Crippen molar-refractivity contribution in [2.75, 3.05) is 33.4 Å². The first-order valence-corrected chi connectivity index (χ1v) is 10.8.